The van der Waals surface area contributed by atoms with Crippen molar-refractivity contribution in [3.05, 3.63) is 102 Å². The molecule has 0 aliphatic heterocycles. The SMILES string of the molecule is O=C(c1ccc2ccccc2n1)N(Cc1ccccc1)Cc1ccco1. The number of hydrogen-bond donors (Lipinski definition) is 0. The number of rotatable bonds is 5. The summed E-state index contributed by atoms with van der Waals surface area (Å²) in [4.78, 5) is 19.4. The Morgan fingerprint density at radius 2 is 1.65 bits per heavy atom. The number of fused-ring (bicyclic) bond motifs is 1. The third-order valence-electron chi connectivity index (χ3n) is 4.25. The fourth-order valence-electron chi connectivity index (χ4n) is 2.94. The first kappa shape index (κ1) is 16.1. The highest BCUT2D eigenvalue weighted by molar-refractivity contribution is 5.94. The van der Waals surface area contributed by atoms with E-state index >= 15 is 0 Å². The molecule has 4 aromatic rings. The normalized spacial score (nSPS) is 10.8. The summed E-state index contributed by atoms with van der Waals surface area (Å²) in [7, 11) is 0. The van der Waals surface area contributed by atoms with Gasteiger partial charge in [0.15, 0.2) is 0 Å². The quantitative estimate of drug-likeness (QED) is 0.529. The zero-order valence-corrected chi connectivity index (χ0v) is 14.2. The van der Waals surface area contributed by atoms with E-state index in [0.717, 1.165) is 22.2 Å². The van der Waals surface area contributed by atoms with Gasteiger partial charge in [-0.2, -0.15) is 0 Å². The third kappa shape index (κ3) is 3.49. The van der Waals surface area contributed by atoms with Crippen molar-refractivity contribution < 1.29 is 9.21 Å². The van der Waals surface area contributed by atoms with Gasteiger partial charge in [0.2, 0.25) is 0 Å². The summed E-state index contributed by atoms with van der Waals surface area (Å²) in [6.45, 7) is 0.893. The Hall–Kier alpha value is -3.40. The van der Waals surface area contributed by atoms with Crippen LogP contribution in [0.4, 0.5) is 0 Å². The second-order valence-corrected chi connectivity index (χ2v) is 6.12. The lowest BCUT2D eigenvalue weighted by atomic mass is 10.1. The summed E-state index contributed by atoms with van der Waals surface area (Å²) < 4.78 is 5.44. The van der Waals surface area contributed by atoms with Crippen LogP contribution in [0.1, 0.15) is 21.8 Å². The van der Waals surface area contributed by atoms with Gasteiger partial charge >= 0.3 is 0 Å². The summed E-state index contributed by atoms with van der Waals surface area (Å²) in [5, 5.41) is 1.02. The van der Waals surface area contributed by atoms with Crippen LogP contribution in [0.25, 0.3) is 10.9 Å². The lowest BCUT2D eigenvalue weighted by Gasteiger charge is -2.21. The number of aromatic nitrogens is 1. The Balaban J connectivity index is 1.65. The maximum Gasteiger partial charge on any atom is 0.273 e. The van der Waals surface area contributed by atoms with Crippen LogP contribution >= 0.6 is 0 Å². The van der Waals surface area contributed by atoms with E-state index in [1.165, 1.54) is 0 Å². The number of amides is 1. The number of carbonyl (C=O) groups is 1. The standard InChI is InChI=1S/C22H18N2O2/c25-22(21-13-12-18-9-4-5-11-20(18)23-21)24(16-19-10-6-14-26-19)15-17-7-2-1-3-8-17/h1-14H,15-16H2. The second kappa shape index (κ2) is 7.23. The summed E-state index contributed by atoms with van der Waals surface area (Å²) in [5.41, 5.74) is 2.32. The van der Waals surface area contributed by atoms with Gasteiger partial charge in [0.1, 0.15) is 11.5 Å². The van der Waals surface area contributed by atoms with Crippen molar-refractivity contribution in [3.8, 4) is 0 Å². The minimum absolute atomic E-state index is 0.115. The number of para-hydroxylation sites is 1. The number of hydrogen-bond acceptors (Lipinski definition) is 3. The summed E-state index contributed by atoms with van der Waals surface area (Å²) in [6.07, 6.45) is 1.62. The molecule has 4 rings (SSSR count). The molecule has 26 heavy (non-hydrogen) atoms. The Labute approximate surface area is 151 Å². The van der Waals surface area contributed by atoms with Crippen LogP contribution in [-0.2, 0) is 13.1 Å². The van der Waals surface area contributed by atoms with E-state index in [0.29, 0.717) is 18.8 Å². The molecule has 0 atom stereocenters. The number of pyridine rings is 1. The van der Waals surface area contributed by atoms with E-state index in [9.17, 15) is 4.79 Å². The van der Waals surface area contributed by atoms with E-state index < -0.39 is 0 Å². The smallest absolute Gasteiger partial charge is 0.273 e. The van der Waals surface area contributed by atoms with Crippen LogP contribution in [0.2, 0.25) is 0 Å². The van der Waals surface area contributed by atoms with E-state index in [4.69, 9.17) is 4.42 Å². The lowest BCUT2D eigenvalue weighted by Crippen LogP contribution is -2.30. The van der Waals surface area contributed by atoms with Crippen LogP contribution in [-0.4, -0.2) is 15.8 Å². The minimum Gasteiger partial charge on any atom is -0.467 e. The molecular weight excluding hydrogens is 324 g/mol. The van der Waals surface area contributed by atoms with Gasteiger partial charge in [0.25, 0.3) is 5.91 Å². The summed E-state index contributed by atoms with van der Waals surface area (Å²) in [6, 6.07) is 25.1. The average Bonchev–Trinajstić information content (AvgIpc) is 3.20. The Kier molecular flexibility index (Phi) is 4.48. The number of benzene rings is 2. The molecular formula is C22H18N2O2. The molecule has 0 unspecified atom stereocenters. The number of carbonyl (C=O) groups excluding carboxylic acids is 1. The molecule has 2 aromatic heterocycles. The first-order chi connectivity index (χ1) is 12.8. The highest BCUT2D eigenvalue weighted by Gasteiger charge is 2.19. The number of furan rings is 1. The van der Waals surface area contributed by atoms with Crippen molar-refractivity contribution in [3.63, 3.8) is 0 Å². The first-order valence-corrected chi connectivity index (χ1v) is 8.51. The van der Waals surface area contributed by atoms with Gasteiger partial charge < -0.3 is 9.32 Å². The van der Waals surface area contributed by atoms with Crippen LogP contribution in [0.5, 0.6) is 0 Å². The predicted octanol–water partition coefficient (Wildman–Crippen LogP) is 4.67. The molecule has 0 spiro atoms. The lowest BCUT2D eigenvalue weighted by molar-refractivity contribution is 0.0712. The van der Waals surface area contributed by atoms with Gasteiger partial charge in [-0.3, -0.25) is 4.79 Å². The molecule has 2 aromatic carbocycles. The van der Waals surface area contributed by atoms with Crippen LogP contribution in [0.3, 0.4) is 0 Å². The van der Waals surface area contributed by atoms with Crippen LogP contribution in [0, 0.1) is 0 Å². The molecule has 2 heterocycles. The van der Waals surface area contributed by atoms with Gasteiger partial charge in [-0.15, -0.1) is 0 Å². The molecule has 128 valence electrons. The molecule has 0 aliphatic rings. The van der Waals surface area contributed by atoms with Gasteiger partial charge in [-0.25, -0.2) is 4.98 Å². The van der Waals surface area contributed by atoms with Crippen molar-refractivity contribution in [1.29, 1.82) is 0 Å². The fourth-order valence-corrected chi connectivity index (χ4v) is 2.94. The Morgan fingerprint density at radius 1 is 0.846 bits per heavy atom. The molecule has 0 N–H and O–H groups in total. The highest BCUT2D eigenvalue weighted by atomic mass is 16.3. The molecule has 1 amide bonds. The van der Waals surface area contributed by atoms with Crippen LogP contribution < -0.4 is 0 Å². The van der Waals surface area contributed by atoms with Crippen molar-refractivity contribution in [2.75, 3.05) is 0 Å². The molecule has 0 radical (unpaired) electrons. The van der Waals surface area contributed by atoms with E-state index in [-0.39, 0.29) is 5.91 Å². The van der Waals surface area contributed by atoms with E-state index in [2.05, 4.69) is 4.98 Å². The molecule has 4 heteroatoms. The van der Waals surface area contributed by atoms with Crippen molar-refractivity contribution >= 4 is 16.8 Å². The molecule has 0 saturated heterocycles. The molecule has 0 bridgehead atoms. The monoisotopic (exact) mass is 342 g/mol. The first-order valence-electron chi connectivity index (χ1n) is 8.51. The van der Waals surface area contributed by atoms with Gasteiger partial charge in [0.05, 0.1) is 18.3 Å². The maximum atomic E-state index is 13.1. The second-order valence-electron chi connectivity index (χ2n) is 6.12. The summed E-state index contributed by atoms with van der Waals surface area (Å²) in [5.74, 6) is 0.631. The topological polar surface area (TPSA) is 46.3 Å². The average molecular weight is 342 g/mol. The summed E-state index contributed by atoms with van der Waals surface area (Å²) >= 11 is 0. The third-order valence-corrected chi connectivity index (χ3v) is 4.25. The molecule has 0 aliphatic carbocycles. The predicted molar refractivity (Wildman–Crippen MR) is 100 cm³/mol. The largest absolute Gasteiger partial charge is 0.467 e. The Morgan fingerprint density at radius 3 is 2.46 bits per heavy atom. The Bertz CT molecular complexity index is 1010. The molecule has 0 saturated carbocycles. The highest BCUT2D eigenvalue weighted by Crippen LogP contribution is 2.17. The fraction of sp³-hybridized carbons (Fsp3) is 0.0909. The molecule has 4 nitrogen and oxygen atoms in total. The van der Waals surface area contributed by atoms with E-state index in [1.54, 1.807) is 17.2 Å². The maximum absolute atomic E-state index is 13.1. The van der Waals surface area contributed by atoms with Gasteiger partial charge in [0, 0.05) is 11.9 Å². The minimum atomic E-state index is -0.115. The van der Waals surface area contributed by atoms with Crippen molar-refractivity contribution in [2.45, 2.75) is 13.1 Å². The van der Waals surface area contributed by atoms with Crippen molar-refractivity contribution in [2.24, 2.45) is 0 Å². The van der Waals surface area contributed by atoms with Gasteiger partial charge in [-0.05, 0) is 29.8 Å². The van der Waals surface area contributed by atoms with Crippen LogP contribution in [0.15, 0.2) is 89.5 Å². The van der Waals surface area contributed by atoms with Gasteiger partial charge in [-0.1, -0.05) is 54.6 Å². The zero-order chi connectivity index (χ0) is 17.8. The van der Waals surface area contributed by atoms with E-state index in [1.807, 2.05) is 72.8 Å². The van der Waals surface area contributed by atoms with Crippen molar-refractivity contribution in [1.82, 2.24) is 9.88 Å². The molecule has 0 fully saturated rings. The number of nitrogens with zero attached hydrogens (tertiary/aromatic N) is 2. The zero-order valence-electron chi connectivity index (χ0n) is 14.2.